The molecular formula is C18H31NO2. The zero-order valence-corrected chi connectivity index (χ0v) is 14.2. The van der Waals surface area contributed by atoms with Crippen LogP contribution >= 0.6 is 0 Å². The van der Waals surface area contributed by atoms with Crippen molar-refractivity contribution in [2.45, 2.75) is 72.1 Å². The number of ether oxygens (including phenoxy) is 2. The summed E-state index contributed by atoms with van der Waals surface area (Å²) in [5.41, 5.74) is 1.23. The Morgan fingerprint density at radius 1 is 1.10 bits per heavy atom. The molecule has 1 N–H and O–H groups in total. The average Bonchev–Trinajstić information content (AvgIpc) is 2.46. The molecule has 0 aliphatic rings. The van der Waals surface area contributed by atoms with Crippen molar-refractivity contribution in [3.05, 3.63) is 23.8 Å². The largest absolute Gasteiger partial charge is 0.493 e. The molecule has 0 bridgehead atoms. The van der Waals surface area contributed by atoms with E-state index >= 15 is 0 Å². The maximum atomic E-state index is 5.74. The maximum absolute atomic E-state index is 5.74. The molecule has 120 valence electrons. The van der Waals surface area contributed by atoms with Crippen molar-refractivity contribution in [1.29, 1.82) is 0 Å². The molecule has 1 atom stereocenters. The Bertz CT molecular complexity index is 404. The van der Waals surface area contributed by atoms with Gasteiger partial charge in [-0.1, -0.05) is 32.3 Å². The minimum Gasteiger partial charge on any atom is -0.493 e. The Labute approximate surface area is 130 Å². The summed E-state index contributed by atoms with van der Waals surface area (Å²) in [6.07, 6.45) is 5.29. The van der Waals surface area contributed by atoms with Gasteiger partial charge in [0.1, 0.15) is 0 Å². The molecule has 3 heteroatoms. The van der Waals surface area contributed by atoms with Crippen LogP contribution in [-0.2, 0) is 6.54 Å². The highest BCUT2D eigenvalue weighted by molar-refractivity contribution is 5.43. The third kappa shape index (κ3) is 6.85. The van der Waals surface area contributed by atoms with Gasteiger partial charge in [-0.25, -0.2) is 0 Å². The number of benzene rings is 1. The van der Waals surface area contributed by atoms with Gasteiger partial charge in [0.25, 0.3) is 0 Å². The molecule has 1 rings (SSSR count). The number of methoxy groups -OCH3 is 1. The van der Waals surface area contributed by atoms with E-state index in [9.17, 15) is 0 Å². The van der Waals surface area contributed by atoms with Gasteiger partial charge < -0.3 is 14.8 Å². The van der Waals surface area contributed by atoms with Gasteiger partial charge in [-0.3, -0.25) is 0 Å². The topological polar surface area (TPSA) is 30.5 Å². The number of nitrogens with one attached hydrogen (secondary N) is 1. The monoisotopic (exact) mass is 293 g/mol. The lowest BCUT2D eigenvalue weighted by Crippen LogP contribution is -2.25. The molecule has 0 aromatic heterocycles. The van der Waals surface area contributed by atoms with E-state index in [-0.39, 0.29) is 6.10 Å². The van der Waals surface area contributed by atoms with Gasteiger partial charge in [-0.15, -0.1) is 0 Å². The summed E-state index contributed by atoms with van der Waals surface area (Å²) < 4.78 is 11.2. The van der Waals surface area contributed by atoms with E-state index in [0.717, 1.165) is 18.0 Å². The van der Waals surface area contributed by atoms with Gasteiger partial charge in [-0.05, 0) is 44.9 Å². The number of unbranched alkanes of at least 4 members (excludes halogenated alkanes) is 2. The SMILES string of the molecule is CCCCCC(C)NCc1ccc(OC(C)C)c(OC)c1. The van der Waals surface area contributed by atoms with Crippen LogP contribution in [0.1, 0.15) is 58.9 Å². The summed E-state index contributed by atoms with van der Waals surface area (Å²) in [4.78, 5) is 0. The second kappa shape index (κ2) is 9.67. The molecule has 0 radical (unpaired) electrons. The van der Waals surface area contributed by atoms with Gasteiger partial charge in [0.05, 0.1) is 13.2 Å². The Morgan fingerprint density at radius 2 is 1.86 bits per heavy atom. The zero-order valence-electron chi connectivity index (χ0n) is 14.2. The third-order valence-corrected chi connectivity index (χ3v) is 3.49. The Balaban J connectivity index is 2.52. The van der Waals surface area contributed by atoms with Crippen LogP contribution in [-0.4, -0.2) is 19.3 Å². The lowest BCUT2D eigenvalue weighted by Gasteiger charge is -2.16. The first-order valence-corrected chi connectivity index (χ1v) is 8.13. The van der Waals surface area contributed by atoms with Crippen molar-refractivity contribution < 1.29 is 9.47 Å². The van der Waals surface area contributed by atoms with Crippen molar-refractivity contribution in [1.82, 2.24) is 5.32 Å². The minimum absolute atomic E-state index is 0.154. The number of hydrogen-bond acceptors (Lipinski definition) is 3. The minimum atomic E-state index is 0.154. The van der Waals surface area contributed by atoms with Crippen molar-refractivity contribution in [3.63, 3.8) is 0 Å². The summed E-state index contributed by atoms with van der Waals surface area (Å²) in [5.74, 6) is 1.62. The molecule has 0 saturated heterocycles. The second-order valence-corrected chi connectivity index (χ2v) is 5.93. The zero-order chi connectivity index (χ0) is 15.7. The summed E-state index contributed by atoms with van der Waals surface area (Å²) >= 11 is 0. The van der Waals surface area contributed by atoms with Gasteiger partial charge in [0.15, 0.2) is 11.5 Å². The molecule has 0 heterocycles. The normalized spacial score (nSPS) is 12.5. The molecule has 0 fully saturated rings. The van der Waals surface area contributed by atoms with Crippen LogP contribution in [0.4, 0.5) is 0 Å². The fraction of sp³-hybridized carbons (Fsp3) is 0.667. The predicted molar refractivity (Wildman–Crippen MR) is 89.2 cm³/mol. The van der Waals surface area contributed by atoms with E-state index in [2.05, 4.69) is 31.3 Å². The number of rotatable bonds is 10. The highest BCUT2D eigenvalue weighted by atomic mass is 16.5. The smallest absolute Gasteiger partial charge is 0.161 e. The molecule has 3 nitrogen and oxygen atoms in total. The van der Waals surface area contributed by atoms with Crippen LogP contribution in [0, 0.1) is 0 Å². The molecule has 0 aliphatic heterocycles. The van der Waals surface area contributed by atoms with Crippen LogP contribution in [0.3, 0.4) is 0 Å². The maximum Gasteiger partial charge on any atom is 0.161 e. The van der Waals surface area contributed by atoms with Crippen LogP contribution in [0.2, 0.25) is 0 Å². The molecule has 1 unspecified atom stereocenters. The van der Waals surface area contributed by atoms with Crippen molar-refractivity contribution in [3.8, 4) is 11.5 Å². The van der Waals surface area contributed by atoms with Gasteiger partial charge in [-0.2, -0.15) is 0 Å². The summed E-state index contributed by atoms with van der Waals surface area (Å²) in [6, 6.07) is 6.71. The Kier molecular flexibility index (Phi) is 8.21. The highest BCUT2D eigenvalue weighted by Gasteiger charge is 2.08. The lowest BCUT2D eigenvalue weighted by molar-refractivity contribution is 0.230. The van der Waals surface area contributed by atoms with Crippen LogP contribution in [0.15, 0.2) is 18.2 Å². The first kappa shape index (κ1) is 17.8. The van der Waals surface area contributed by atoms with Gasteiger partial charge in [0, 0.05) is 12.6 Å². The van der Waals surface area contributed by atoms with Crippen molar-refractivity contribution in [2.24, 2.45) is 0 Å². The molecule has 0 aliphatic carbocycles. The lowest BCUT2D eigenvalue weighted by atomic mass is 10.1. The molecule has 1 aromatic carbocycles. The number of hydrogen-bond donors (Lipinski definition) is 1. The Hall–Kier alpha value is -1.22. The third-order valence-electron chi connectivity index (χ3n) is 3.49. The standard InChI is InChI=1S/C18H31NO2/c1-6-7-8-9-15(4)19-13-16-10-11-17(21-14(2)3)18(12-16)20-5/h10-12,14-15,19H,6-9,13H2,1-5H3. The average molecular weight is 293 g/mol. The van der Waals surface area contributed by atoms with Crippen LogP contribution < -0.4 is 14.8 Å². The first-order valence-electron chi connectivity index (χ1n) is 8.13. The second-order valence-electron chi connectivity index (χ2n) is 5.93. The first-order chi connectivity index (χ1) is 10.1. The van der Waals surface area contributed by atoms with E-state index in [1.165, 1.54) is 31.2 Å². The summed E-state index contributed by atoms with van der Waals surface area (Å²) in [6.45, 7) is 9.40. The highest BCUT2D eigenvalue weighted by Crippen LogP contribution is 2.29. The van der Waals surface area contributed by atoms with Gasteiger partial charge in [0.2, 0.25) is 0 Å². The van der Waals surface area contributed by atoms with Crippen LogP contribution in [0.5, 0.6) is 11.5 Å². The van der Waals surface area contributed by atoms with E-state index in [1.54, 1.807) is 7.11 Å². The summed E-state index contributed by atoms with van der Waals surface area (Å²) in [7, 11) is 1.69. The van der Waals surface area contributed by atoms with E-state index in [1.807, 2.05) is 19.9 Å². The van der Waals surface area contributed by atoms with Crippen molar-refractivity contribution >= 4 is 0 Å². The molecule has 21 heavy (non-hydrogen) atoms. The fourth-order valence-corrected chi connectivity index (χ4v) is 2.27. The van der Waals surface area contributed by atoms with E-state index < -0.39 is 0 Å². The van der Waals surface area contributed by atoms with E-state index in [4.69, 9.17) is 9.47 Å². The molecule has 0 spiro atoms. The molecule has 1 aromatic rings. The predicted octanol–water partition coefficient (Wildman–Crippen LogP) is 4.54. The van der Waals surface area contributed by atoms with Gasteiger partial charge >= 0.3 is 0 Å². The fourth-order valence-electron chi connectivity index (χ4n) is 2.27. The quantitative estimate of drug-likeness (QED) is 0.642. The molecule has 0 saturated carbocycles. The summed E-state index contributed by atoms with van der Waals surface area (Å²) in [5, 5.41) is 3.57. The van der Waals surface area contributed by atoms with Crippen LogP contribution in [0.25, 0.3) is 0 Å². The van der Waals surface area contributed by atoms with E-state index in [0.29, 0.717) is 6.04 Å². The molecular weight excluding hydrogens is 262 g/mol. The van der Waals surface area contributed by atoms with Crippen molar-refractivity contribution in [2.75, 3.05) is 7.11 Å². The Morgan fingerprint density at radius 3 is 2.48 bits per heavy atom. The molecule has 0 amide bonds.